The molecule has 1 aliphatic carbocycles. The number of nitrogens with zero attached hydrogens (tertiary/aromatic N) is 2. The maximum Gasteiger partial charge on any atom is 0.252 e. The highest BCUT2D eigenvalue weighted by molar-refractivity contribution is 5.61. The van der Waals surface area contributed by atoms with Crippen LogP contribution in [0.5, 0.6) is 5.75 Å². The van der Waals surface area contributed by atoms with E-state index in [1.807, 2.05) is 26.0 Å². The Hall–Kier alpha value is -2.39. The summed E-state index contributed by atoms with van der Waals surface area (Å²) in [7, 11) is 0. The summed E-state index contributed by atoms with van der Waals surface area (Å²) in [6, 6.07) is 6.54. The lowest BCUT2D eigenvalue weighted by Gasteiger charge is -2.40. The van der Waals surface area contributed by atoms with E-state index in [4.69, 9.17) is 9.47 Å². The van der Waals surface area contributed by atoms with Crippen LogP contribution < -0.4 is 20.5 Å². The summed E-state index contributed by atoms with van der Waals surface area (Å²) in [5, 5.41) is 14.6. The zero-order chi connectivity index (χ0) is 28.9. The first kappa shape index (κ1) is 30.1. The molecule has 3 fully saturated rings. The Bertz CT molecular complexity index is 1210. The minimum atomic E-state index is -0.931. The van der Waals surface area contributed by atoms with Gasteiger partial charge in [0.25, 0.3) is 5.56 Å². The molecule has 2 aliphatic heterocycles. The number of H-pyrrole nitrogens is 1. The van der Waals surface area contributed by atoms with E-state index in [1.54, 1.807) is 0 Å². The predicted octanol–water partition coefficient (Wildman–Crippen LogP) is 4.73. The van der Waals surface area contributed by atoms with E-state index >= 15 is 0 Å². The number of pyridine rings is 1. The Kier molecular flexibility index (Phi) is 10.1. The second kappa shape index (κ2) is 13.7. The number of aromatic amines is 1. The molecule has 0 bridgehead atoms. The molecule has 2 aromatic rings. The van der Waals surface area contributed by atoms with Crippen molar-refractivity contribution in [2.45, 2.75) is 97.6 Å². The number of hydrogen-bond donors (Lipinski definition) is 3. The minimum absolute atomic E-state index is 0.113. The minimum Gasteiger partial charge on any atom is -0.490 e. The molecular weight excluding hydrogens is 516 g/mol. The van der Waals surface area contributed by atoms with Crippen molar-refractivity contribution in [2.24, 2.45) is 5.92 Å². The van der Waals surface area contributed by atoms with E-state index in [9.17, 15) is 9.90 Å². The third-order valence-electron chi connectivity index (χ3n) is 9.40. The second-order valence-corrected chi connectivity index (χ2v) is 12.5. The number of aliphatic hydroxyl groups excluding tert-OH is 1. The highest BCUT2D eigenvalue weighted by atomic mass is 16.5. The van der Waals surface area contributed by atoms with Gasteiger partial charge in [0.15, 0.2) is 0 Å². The summed E-state index contributed by atoms with van der Waals surface area (Å²) < 4.78 is 12.2. The molecule has 0 radical (unpaired) electrons. The van der Waals surface area contributed by atoms with Crippen LogP contribution in [-0.2, 0) is 11.3 Å². The average molecular weight is 567 g/mol. The molecule has 2 saturated heterocycles. The number of anilines is 1. The molecule has 0 spiro atoms. The van der Waals surface area contributed by atoms with Crippen LogP contribution >= 0.6 is 0 Å². The summed E-state index contributed by atoms with van der Waals surface area (Å²) >= 11 is 0. The number of nitrogens with one attached hydrogen (secondary N) is 2. The summed E-state index contributed by atoms with van der Waals surface area (Å²) in [5.41, 5.74) is 5.24. The van der Waals surface area contributed by atoms with E-state index in [0.717, 1.165) is 79.3 Å². The van der Waals surface area contributed by atoms with Crippen LogP contribution in [0.25, 0.3) is 0 Å². The highest BCUT2D eigenvalue weighted by Gasteiger charge is 2.33. The molecule has 1 aromatic heterocycles. The number of aromatic nitrogens is 1. The topological polar surface area (TPSA) is 90.1 Å². The van der Waals surface area contributed by atoms with Crippen molar-refractivity contribution in [1.29, 1.82) is 0 Å². The van der Waals surface area contributed by atoms with Crippen LogP contribution in [0.15, 0.2) is 23.0 Å². The number of hydrogen-bond acceptors (Lipinski definition) is 7. The van der Waals surface area contributed by atoms with Gasteiger partial charge in [0.2, 0.25) is 0 Å². The third-order valence-corrected chi connectivity index (χ3v) is 9.40. The van der Waals surface area contributed by atoms with Crippen LogP contribution in [-0.4, -0.2) is 66.5 Å². The number of aliphatic hydroxyl groups is 1. The van der Waals surface area contributed by atoms with Crippen molar-refractivity contribution < 1.29 is 14.6 Å². The lowest BCUT2D eigenvalue weighted by molar-refractivity contribution is 0.0389. The molecule has 3 aliphatic rings. The maximum atomic E-state index is 12.6. The normalized spacial score (nSPS) is 22.8. The van der Waals surface area contributed by atoms with Gasteiger partial charge in [-0.2, -0.15) is 0 Å². The molecule has 1 saturated carbocycles. The number of benzene rings is 1. The van der Waals surface area contributed by atoms with E-state index in [2.05, 4.69) is 40.0 Å². The van der Waals surface area contributed by atoms with Crippen LogP contribution in [0.4, 0.5) is 5.69 Å². The summed E-state index contributed by atoms with van der Waals surface area (Å²) in [6.07, 6.45) is 7.47. The molecule has 3 heterocycles. The fraction of sp³-hybridized carbons (Fsp3) is 0.667. The van der Waals surface area contributed by atoms with Gasteiger partial charge in [-0.3, -0.25) is 10.1 Å². The fourth-order valence-corrected chi connectivity index (χ4v) is 7.00. The SMILES string of the molecule is CCN(c1cc(O[C@H]2C[C@H](CN3CCCCC3)C2)cc(C(O)NCc2c(C)cc(C)[nH]c2=O)c1C)C1CCOCC1. The number of aryl methyl sites for hydroxylation is 2. The zero-order valence-electron chi connectivity index (χ0n) is 25.5. The monoisotopic (exact) mass is 566 g/mol. The van der Waals surface area contributed by atoms with Gasteiger partial charge in [-0.15, -0.1) is 0 Å². The molecule has 0 amide bonds. The Morgan fingerprint density at radius 1 is 1.12 bits per heavy atom. The molecule has 226 valence electrons. The van der Waals surface area contributed by atoms with Crippen molar-refractivity contribution in [3.63, 3.8) is 0 Å². The molecule has 1 unspecified atom stereocenters. The first-order valence-corrected chi connectivity index (χ1v) is 15.8. The van der Waals surface area contributed by atoms with Crippen LogP contribution in [0.2, 0.25) is 0 Å². The smallest absolute Gasteiger partial charge is 0.252 e. The van der Waals surface area contributed by atoms with Gasteiger partial charge >= 0.3 is 0 Å². The van der Waals surface area contributed by atoms with Crippen molar-refractivity contribution >= 4 is 5.69 Å². The number of likely N-dealkylation sites (tertiary alicyclic amines) is 1. The maximum absolute atomic E-state index is 12.6. The first-order chi connectivity index (χ1) is 19.8. The quantitative estimate of drug-likeness (QED) is 0.339. The molecule has 5 rings (SSSR count). The van der Waals surface area contributed by atoms with Crippen molar-refractivity contribution in [3.05, 3.63) is 56.5 Å². The van der Waals surface area contributed by atoms with Crippen LogP contribution in [0, 0.1) is 26.7 Å². The molecule has 3 N–H and O–H groups in total. The Morgan fingerprint density at radius 2 is 1.85 bits per heavy atom. The van der Waals surface area contributed by atoms with E-state index in [0.29, 0.717) is 17.5 Å². The Balaban J connectivity index is 1.34. The molecule has 1 atom stereocenters. The molecule has 1 aromatic carbocycles. The number of ether oxygens (including phenoxy) is 2. The van der Waals surface area contributed by atoms with E-state index in [-0.39, 0.29) is 18.2 Å². The van der Waals surface area contributed by atoms with Crippen molar-refractivity contribution in [2.75, 3.05) is 44.3 Å². The predicted molar refractivity (Wildman–Crippen MR) is 164 cm³/mol. The molecule has 8 nitrogen and oxygen atoms in total. The third kappa shape index (κ3) is 7.34. The molecule has 41 heavy (non-hydrogen) atoms. The fourth-order valence-electron chi connectivity index (χ4n) is 7.00. The van der Waals surface area contributed by atoms with Gasteiger partial charge in [0.1, 0.15) is 12.0 Å². The number of rotatable bonds is 11. The number of piperidine rings is 1. The van der Waals surface area contributed by atoms with Crippen LogP contribution in [0.3, 0.4) is 0 Å². The van der Waals surface area contributed by atoms with Crippen molar-refractivity contribution in [3.8, 4) is 5.75 Å². The second-order valence-electron chi connectivity index (χ2n) is 12.5. The Morgan fingerprint density at radius 3 is 2.54 bits per heavy atom. The van der Waals surface area contributed by atoms with Crippen molar-refractivity contribution in [1.82, 2.24) is 15.2 Å². The van der Waals surface area contributed by atoms with Crippen LogP contribution in [0.1, 0.15) is 86.0 Å². The largest absolute Gasteiger partial charge is 0.490 e. The zero-order valence-corrected chi connectivity index (χ0v) is 25.5. The van der Waals surface area contributed by atoms with Gasteiger partial charge in [-0.25, -0.2) is 0 Å². The van der Waals surface area contributed by atoms with E-state index < -0.39 is 6.23 Å². The summed E-state index contributed by atoms with van der Waals surface area (Å²) in [4.78, 5) is 20.5. The standard InChI is InChI=1S/C33H50N4O4/c1-5-37(26-9-13-40-14-10-26)31-19-28(41-27-16-25(17-27)21-36-11-7-6-8-12-36)18-29(24(31)4)32(38)34-20-30-22(2)15-23(3)35-33(30)39/h15,18-19,25-27,32,34,38H,5-14,16-17,20-21H2,1-4H3,(H,35,39)/t25-,27-,32?. The first-order valence-electron chi connectivity index (χ1n) is 15.8. The molecular formula is C33H50N4O4. The highest BCUT2D eigenvalue weighted by Crippen LogP contribution is 2.38. The lowest BCUT2D eigenvalue weighted by atomic mass is 9.81. The average Bonchev–Trinajstić information content (AvgIpc) is 2.94. The summed E-state index contributed by atoms with van der Waals surface area (Å²) in [6.45, 7) is 14.5. The van der Waals surface area contributed by atoms with Gasteiger partial charge in [0.05, 0.1) is 6.10 Å². The Labute approximate surface area is 245 Å². The van der Waals surface area contributed by atoms with Gasteiger partial charge < -0.3 is 29.4 Å². The van der Waals surface area contributed by atoms with Gasteiger partial charge in [0, 0.05) is 67.5 Å². The molecule has 8 heteroatoms. The van der Waals surface area contributed by atoms with E-state index in [1.165, 1.54) is 38.9 Å². The van der Waals surface area contributed by atoms with Gasteiger partial charge in [-0.05, 0) is 108 Å². The van der Waals surface area contributed by atoms with Gasteiger partial charge in [-0.1, -0.05) is 6.42 Å². The summed E-state index contributed by atoms with van der Waals surface area (Å²) in [5.74, 6) is 1.53. The lowest BCUT2D eigenvalue weighted by Crippen LogP contribution is -2.43.